The van der Waals surface area contributed by atoms with Crippen LogP contribution in [-0.4, -0.2) is 18.9 Å². The second-order valence-electron chi connectivity index (χ2n) is 3.79. The summed E-state index contributed by atoms with van der Waals surface area (Å²) in [6.07, 6.45) is 2.89. The van der Waals surface area contributed by atoms with E-state index in [0.717, 1.165) is 25.7 Å². The van der Waals surface area contributed by atoms with Crippen LogP contribution in [-0.2, 0) is 11.2 Å². The number of hydrogen-bond acceptors (Lipinski definition) is 3. The monoisotopic (exact) mass is 204 g/mol. The fourth-order valence-electron chi connectivity index (χ4n) is 1.96. The first kappa shape index (κ1) is 10.2. The summed E-state index contributed by atoms with van der Waals surface area (Å²) in [5, 5.41) is 2.08. The van der Waals surface area contributed by atoms with Crippen LogP contribution in [0.2, 0.25) is 0 Å². The zero-order valence-electron chi connectivity index (χ0n) is 8.94. The molecule has 0 spiro atoms. The normalized spacial score (nSPS) is 20.6. The van der Waals surface area contributed by atoms with E-state index in [-0.39, 0.29) is 6.04 Å². The summed E-state index contributed by atoms with van der Waals surface area (Å²) in [6, 6.07) is 8.29. The van der Waals surface area contributed by atoms with Gasteiger partial charge in [0.15, 0.2) is 0 Å². The molecule has 0 aromatic heterocycles. The predicted octanol–water partition coefficient (Wildman–Crippen LogP) is 1.53. The van der Waals surface area contributed by atoms with Gasteiger partial charge in [0.05, 0.1) is 11.7 Å². The van der Waals surface area contributed by atoms with Crippen LogP contribution in [0.4, 0.5) is 5.69 Å². The van der Waals surface area contributed by atoms with Crippen LogP contribution in [0.25, 0.3) is 0 Å². The predicted molar refractivity (Wildman–Crippen MR) is 60.8 cm³/mol. The van der Waals surface area contributed by atoms with Gasteiger partial charge >= 0.3 is 0 Å². The molecule has 80 valence electrons. The molecule has 0 bridgehead atoms. The topological polar surface area (TPSA) is 32.3 Å². The first-order valence-corrected chi connectivity index (χ1v) is 5.42. The number of carbonyl (C=O) groups is 1. The number of anilines is 1. The van der Waals surface area contributed by atoms with Gasteiger partial charge in [-0.15, -0.1) is 0 Å². The van der Waals surface area contributed by atoms with E-state index >= 15 is 0 Å². The average Bonchev–Trinajstić information content (AvgIpc) is 2.77. The van der Waals surface area contributed by atoms with E-state index < -0.39 is 0 Å². The van der Waals surface area contributed by atoms with Crippen LogP contribution in [0.5, 0.6) is 0 Å². The van der Waals surface area contributed by atoms with Crippen LogP contribution < -0.4 is 10.4 Å². The largest absolute Gasteiger partial charge is 0.307 e. The Hall–Kier alpha value is -1.35. The molecule has 1 unspecified atom stereocenters. The Morgan fingerprint density at radius 1 is 1.53 bits per heavy atom. The maximum Gasteiger partial charge on any atom is 0.138 e. The van der Waals surface area contributed by atoms with Gasteiger partial charge < -0.3 is 9.80 Å². The molecular weight excluding hydrogens is 188 g/mol. The number of nitrogens with zero attached hydrogens (tertiary/aromatic N) is 1. The van der Waals surface area contributed by atoms with Crippen LogP contribution in [0.15, 0.2) is 24.3 Å². The second-order valence-corrected chi connectivity index (χ2v) is 3.79. The Morgan fingerprint density at radius 2 is 2.33 bits per heavy atom. The number of carbonyl (C=O) groups excluding carboxylic acids is 1. The number of nitrogens with one attached hydrogen (secondary N) is 1. The highest BCUT2D eigenvalue weighted by molar-refractivity contribution is 5.61. The molecule has 1 atom stereocenters. The lowest BCUT2D eigenvalue weighted by Crippen LogP contribution is -2.36. The Labute approximate surface area is 90.1 Å². The quantitative estimate of drug-likeness (QED) is 0.758. The van der Waals surface area contributed by atoms with Crippen molar-refractivity contribution in [3.8, 4) is 0 Å². The molecule has 0 aliphatic carbocycles. The van der Waals surface area contributed by atoms with Gasteiger partial charge in [-0.1, -0.05) is 25.1 Å². The van der Waals surface area contributed by atoms with E-state index in [4.69, 9.17) is 0 Å². The zero-order valence-corrected chi connectivity index (χ0v) is 8.94. The molecule has 1 saturated heterocycles. The zero-order chi connectivity index (χ0) is 10.7. The first-order valence-electron chi connectivity index (χ1n) is 5.42. The highest BCUT2D eigenvalue weighted by atomic mass is 16.1. The van der Waals surface area contributed by atoms with Gasteiger partial charge in [-0.25, -0.2) is 5.43 Å². The Balaban J connectivity index is 2.19. The van der Waals surface area contributed by atoms with Crippen LogP contribution in [0, 0.1) is 0 Å². The van der Waals surface area contributed by atoms with Crippen molar-refractivity contribution in [3.63, 3.8) is 0 Å². The number of aldehydes is 1. The Morgan fingerprint density at radius 3 is 3.00 bits per heavy atom. The molecule has 1 aliphatic heterocycles. The Kier molecular flexibility index (Phi) is 3.02. The van der Waals surface area contributed by atoms with Crippen molar-refractivity contribution < 1.29 is 4.79 Å². The molecule has 15 heavy (non-hydrogen) atoms. The molecule has 0 radical (unpaired) electrons. The van der Waals surface area contributed by atoms with Crippen molar-refractivity contribution >= 4 is 12.0 Å². The van der Waals surface area contributed by atoms with E-state index in [1.54, 1.807) is 0 Å². The van der Waals surface area contributed by atoms with Crippen LogP contribution >= 0.6 is 0 Å². The number of aryl methyl sites for hydroxylation is 1. The smallest absolute Gasteiger partial charge is 0.138 e. The van der Waals surface area contributed by atoms with Gasteiger partial charge in [-0.2, -0.15) is 0 Å². The number of hydrogen-bond donors (Lipinski definition) is 1. The lowest BCUT2D eigenvalue weighted by Gasteiger charge is -2.21. The molecular formula is C12H16N2O. The Bertz CT molecular complexity index is 351. The standard InChI is InChI=1S/C12H16N2O/c1-2-10-5-3-4-6-12(10)14-8-7-11(9-15)13-14/h3-6,9,11,13H,2,7-8H2,1H3. The lowest BCUT2D eigenvalue weighted by atomic mass is 10.1. The van der Waals surface area contributed by atoms with Gasteiger partial charge in [0.1, 0.15) is 6.29 Å². The van der Waals surface area contributed by atoms with Crippen molar-refractivity contribution in [1.82, 2.24) is 5.43 Å². The highest BCUT2D eigenvalue weighted by Gasteiger charge is 2.22. The summed E-state index contributed by atoms with van der Waals surface area (Å²) < 4.78 is 0. The maximum atomic E-state index is 10.6. The fraction of sp³-hybridized carbons (Fsp3) is 0.417. The second kappa shape index (κ2) is 4.45. The van der Waals surface area contributed by atoms with Crippen molar-refractivity contribution in [2.45, 2.75) is 25.8 Å². The van der Waals surface area contributed by atoms with Gasteiger partial charge in [-0.05, 0) is 24.5 Å². The van der Waals surface area contributed by atoms with E-state index in [9.17, 15) is 4.79 Å². The maximum absolute atomic E-state index is 10.6. The highest BCUT2D eigenvalue weighted by Crippen LogP contribution is 2.22. The molecule has 1 aliphatic rings. The van der Waals surface area contributed by atoms with E-state index in [1.807, 2.05) is 6.07 Å². The van der Waals surface area contributed by atoms with Gasteiger partial charge in [-0.3, -0.25) is 0 Å². The third-order valence-corrected chi connectivity index (χ3v) is 2.81. The molecule has 2 rings (SSSR count). The third kappa shape index (κ3) is 2.02. The van der Waals surface area contributed by atoms with Crippen molar-refractivity contribution in [3.05, 3.63) is 29.8 Å². The molecule has 0 amide bonds. The van der Waals surface area contributed by atoms with Gasteiger partial charge in [0.25, 0.3) is 0 Å². The average molecular weight is 204 g/mol. The lowest BCUT2D eigenvalue weighted by molar-refractivity contribution is -0.109. The molecule has 3 nitrogen and oxygen atoms in total. The summed E-state index contributed by atoms with van der Waals surface area (Å²) in [6.45, 7) is 3.05. The number of hydrazine groups is 1. The summed E-state index contributed by atoms with van der Waals surface area (Å²) in [4.78, 5) is 10.6. The van der Waals surface area contributed by atoms with Gasteiger partial charge in [0, 0.05) is 6.54 Å². The fourth-order valence-corrected chi connectivity index (χ4v) is 1.96. The molecule has 1 aromatic carbocycles. The molecule has 0 saturated carbocycles. The molecule has 1 fully saturated rings. The minimum Gasteiger partial charge on any atom is -0.307 e. The molecule has 1 aromatic rings. The summed E-state index contributed by atoms with van der Waals surface area (Å²) in [7, 11) is 0. The minimum absolute atomic E-state index is 0.0186. The first-order chi connectivity index (χ1) is 7.35. The van der Waals surface area contributed by atoms with E-state index in [1.165, 1.54) is 11.3 Å². The molecule has 1 heterocycles. The summed E-state index contributed by atoms with van der Waals surface area (Å²) >= 11 is 0. The van der Waals surface area contributed by atoms with Crippen LogP contribution in [0.3, 0.4) is 0 Å². The van der Waals surface area contributed by atoms with Gasteiger partial charge in [0.2, 0.25) is 0 Å². The van der Waals surface area contributed by atoms with Crippen LogP contribution in [0.1, 0.15) is 18.9 Å². The number of rotatable bonds is 3. The number of benzene rings is 1. The summed E-state index contributed by atoms with van der Waals surface area (Å²) in [5.41, 5.74) is 5.71. The van der Waals surface area contributed by atoms with Crippen molar-refractivity contribution in [1.29, 1.82) is 0 Å². The molecule has 1 N–H and O–H groups in total. The molecule has 3 heteroatoms. The van der Waals surface area contributed by atoms with Crippen molar-refractivity contribution in [2.24, 2.45) is 0 Å². The summed E-state index contributed by atoms with van der Waals surface area (Å²) in [5.74, 6) is 0. The van der Waals surface area contributed by atoms with Crippen molar-refractivity contribution in [2.75, 3.05) is 11.6 Å². The third-order valence-electron chi connectivity index (χ3n) is 2.81. The minimum atomic E-state index is -0.0186. The number of para-hydroxylation sites is 1. The van der Waals surface area contributed by atoms with E-state index in [2.05, 4.69) is 35.6 Å². The SMILES string of the molecule is CCc1ccccc1N1CCC(C=O)N1. The van der Waals surface area contributed by atoms with E-state index in [0.29, 0.717) is 0 Å².